The summed E-state index contributed by atoms with van der Waals surface area (Å²) in [5.74, 6) is 1.73. The summed E-state index contributed by atoms with van der Waals surface area (Å²) in [6, 6.07) is 7.01. The molecule has 0 radical (unpaired) electrons. The van der Waals surface area contributed by atoms with Crippen molar-refractivity contribution in [2.45, 2.75) is 45.2 Å². The average Bonchev–Trinajstić information content (AvgIpc) is 3.31. The molecular formula is C18H21N5O2. The van der Waals surface area contributed by atoms with Gasteiger partial charge in [0.2, 0.25) is 5.91 Å². The molecule has 2 aliphatic rings. The topological polar surface area (TPSA) is 80.1 Å². The molecule has 2 aliphatic heterocycles. The first kappa shape index (κ1) is 15.8. The molecule has 3 heterocycles. The Morgan fingerprint density at radius 3 is 2.84 bits per heavy atom. The summed E-state index contributed by atoms with van der Waals surface area (Å²) in [7, 11) is 0. The van der Waals surface area contributed by atoms with Crippen molar-refractivity contribution < 1.29 is 9.59 Å². The Labute approximate surface area is 146 Å². The van der Waals surface area contributed by atoms with E-state index in [2.05, 4.69) is 20.1 Å². The Bertz CT molecular complexity index is 829. The first-order valence-corrected chi connectivity index (χ1v) is 8.77. The number of amides is 2. The molecule has 1 saturated heterocycles. The molecule has 0 saturated carbocycles. The van der Waals surface area contributed by atoms with Gasteiger partial charge in [0, 0.05) is 37.2 Å². The normalized spacial score (nSPS) is 17.6. The van der Waals surface area contributed by atoms with Crippen molar-refractivity contribution in [3.05, 3.63) is 41.5 Å². The second kappa shape index (κ2) is 6.31. The van der Waals surface area contributed by atoms with Crippen LogP contribution in [0.2, 0.25) is 0 Å². The summed E-state index contributed by atoms with van der Waals surface area (Å²) < 4.78 is 2.09. The molecule has 2 aromatic rings. The van der Waals surface area contributed by atoms with Gasteiger partial charge >= 0.3 is 0 Å². The number of carbonyl (C=O) groups excluding carboxylic acids is 2. The van der Waals surface area contributed by atoms with Crippen LogP contribution >= 0.6 is 0 Å². The van der Waals surface area contributed by atoms with E-state index < -0.39 is 0 Å². The number of nitrogens with one attached hydrogen (secondary N) is 1. The first-order chi connectivity index (χ1) is 12.1. The second-order valence-corrected chi connectivity index (χ2v) is 6.62. The van der Waals surface area contributed by atoms with Gasteiger partial charge in [0.05, 0.1) is 6.04 Å². The molecule has 0 spiro atoms. The molecule has 7 heteroatoms. The predicted octanol–water partition coefficient (Wildman–Crippen LogP) is 1.84. The van der Waals surface area contributed by atoms with Crippen LogP contribution in [0, 0.1) is 0 Å². The van der Waals surface area contributed by atoms with Crippen molar-refractivity contribution in [3.63, 3.8) is 0 Å². The number of aryl methyl sites for hydroxylation is 1. The minimum Gasteiger partial charge on any atom is -0.342 e. The molecule has 1 aromatic carbocycles. The van der Waals surface area contributed by atoms with Gasteiger partial charge in [-0.2, -0.15) is 0 Å². The van der Waals surface area contributed by atoms with E-state index in [1.165, 1.54) is 0 Å². The monoisotopic (exact) mass is 339 g/mol. The van der Waals surface area contributed by atoms with Gasteiger partial charge in [-0.25, -0.2) is 0 Å². The number of hydrogen-bond donors (Lipinski definition) is 1. The molecule has 1 N–H and O–H groups in total. The van der Waals surface area contributed by atoms with Crippen LogP contribution in [-0.4, -0.2) is 33.1 Å². The summed E-state index contributed by atoms with van der Waals surface area (Å²) in [6.45, 7) is 3.54. The molecule has 7 nitrogen and oxygen atoms in total. The maximum atomic E-state index is 12.6. The number of benzene rings is 1. The number of carbonyl (C=O) groups is 2. The molecule has 1 fully saturated rings. The van der Waals surface area contributed by atoms with Crippen LogP contribution in [0.4, 0.5) is 5.69 Å². The largest absolute Gasteiger partial charge is 0.342 e. The molecule has 0 unspecified atom stereocenters. The maximum Gasteiger partial charge on any atom is 0.251 e. The lowest BCUT2D eigenvalue weighted by molar-refractivity contribution is -0.117. The van der Waals surface area contributed by atoms with Crippen LogP contribution < -0.4 is 10.2 Å². The van der Waals surface area contributed by atoms with Gasteiger partial charge in [-0.05, 0) is 38.0 Å². The Balaban J connectivity index is 1.50. The van der Waals surface area contributed by atoms with Crippen molar-refractivity contribution >= 4 is 17.5 Å². The summed E-state index contributed by atoms with van der Waals surface area (Å²) in [6.07, 6.45) is 3.46. The van der Waals surface area contributed by atoms with Gasteiger partial charge in [-0.15, -0.1) is 10.2 Å². The number of rotatable bonds is 4. The second-order valence-electron chi connectivity index (χ2n) is 6.62. The molecule has 1 aromatic heterocycles. The van der Waals surface area contributed by atoms with Gasteiger partial charge in [0.1, 0.15) is 5.82 Å². The lowest BCUT2D eigenvalue weighted by Gasteiger charge is -2.17. The van der Waals surface area contributed by atoms with E-state index in [9.17, 15) is 9.59 Å². The zero-order valence-corrected chi connectivity index (χ0v) is 14.2. The molecule has 1 atom stereocenters. The number of fused-ring (bicyclic) bond motifs is 1. The molecule has 130 valence electrons. The van der Waals surface area contributed by atoms with Gasteiger partial charge in [-0.3, -0.25) is 9.59 Å². The minimum atomic E-state index is -0.219. The van der Waals surface area contributed by atoms with Gasteiger partial charge in [0.25, 0.3) is 5.91 Å². The minimum absolute atomic E-state index is 0.116. The number of hydrogen-bond acceptors (Lipinski definition) is 4. The van der Waals surface area contributed by atoms with Crippen molar-refractivity contribution in [1.29, 1.82) is 0 Å². The Morgan fingerprint density at radius 1 is 1.20 bits per heavy atom. The van der Waals surface area contributed by atoms with E-state index in [0.29, 0.717) is 18.5 Å². The van der Waals surface area contributed by atoms with E-state index in [4.69, 9.17) is 0 Å². The standard InChI is InChI=1S/C18H21N5O2/c1-12(17-21-20-15-7-3-10-23(15)17)19-18(25)13-5-2-6-14(11-13)22-9-4-8-16(22)24/h2,5-6,11-12H,3-4,7-10H2,1H3,(H,19,25)/t12-/m0/s1. The molecular weight excluding hydrogens is 318 g/mol. The fourth-order valence-corrected chi connectivity index (χ4v) is 3.57. The van der Waals surface area contributed by atoms with Crippen LogP contribution in [-0.2, 0) is 17.8 Å². The summed E-state index contributed by atoms with van der Waals surface area (Å²) >= 11 is 0. The van der Waals surface area contributed by atoms with E-state index in [1.54, 1.807) is 17.0 Å². The zero-order chi connectivity index (χ0) is 17.4. The molecule has 0 bridgehead atoms. The van der Waals surface area contributed by atoms with Crippen LogP contribution in [0.5, 0.6) is 0 Å². The third kappa shape index (κ3) is 2.90. The summed E-state index contributed by atoms with van der Waals surface area (Å²) in [5, 5.41) is 11.4. The summed E-state index contributed by atoms with van der Waals surface area (Å²) in [5.41, 5.74) is 1.33. The van der Waals surface area contributed by atoms with Gasteiger partial charge in [0.15, 0.2) is 5.82 Å². The lowest BCUT2D eigenvalue weighted by atomic mass is 10.1. The zero-order valence-electron chi connectivity index (χ0n) is 14.2. The quantitative estimate of drug-likeness (QED) is 0.922. The van der Waals surface area contributed by atoms with Crippen LogP contribution in [0.1, 0.15) is 54.2 Å². The van der Waals surface area contributed by atoms with Crippen molar-refractivity contribution in [1.82, 2.24) is 20.1 Å². The highest BCUT2D eigenvalue weighted by molar-refractivity contribution is 5.99. The summed E-state index contributed by atoms with van der Waals surface area (Å²) in [4.78, 5) is 26.3. The van der Waals surface area contributed by atoms with Crippen LogP contribution in [0.15, 0.2) is 24.3 Å². The van der Waals surface area contributed by atoms with Crippen LogP contribution in [0.25, 0.3) is 0 Å². The van der Waals surface area contributed by atoms with E-state index in [-0.39, 0.29) is 17.9 Å². The Hall–Kier alpha value is -2.70. The van der Waals surface area contributed by atoms with Crippen molar-refractivity contribution in [2.75, 3.05) is 11.4 Å². The highest BCUT2D eigenvalue weighted by Crippen LogP contribution is 2.23. The third-order valence-electron chi connectivity index (χ3n) is 4.87. The SMILES string of the molecule is C[C@H](NC(=O)c1cccc(N2CCCC2=O)c1)c1nnc2n1CCC2. The van der Waals surface area contributed by atoms with Crippen molar-refractivity contribution in [3.8, 4) is 0 Å². The lowest BCUT2D eigenvalue weighted by Crippen LogP contribution is -2.29. The first-order valence-electron chi connectivity index (χ1n) is 8.77. The number of aromatic nitrogens is 3. The highest BCUT2D eigenvalue weighted by atomic mass is 16.2. The van der Waals surface area contributed by atoms with E-state index in [1.807, 2.05) is 19.1 Å². The molecule has 2 amide bonds. The molecule has 4 rings (SSSR count). The number of nitrogens with zero attached hydrogens (tertiary/aromatic N) is 4. The molecule has 0 aliphatic carbocycles. The van der Waals surface area contributed by atoms with Gasteiger partial charge < -0.3 is 14.8 Å². The van der Waals surface area contributed by atoms with Gasteiger partial charge in [-0.1, -0.05) is 6.07 Å². The highest BCUT2D eigenvalue weighted by Gasteiger charge is 2.24. The Morgan fingerprint density at radius 2 is 2.04 bits per heavy atom. The average molecular weight is 339 g/mol. The van der Waals surface area contributed by atoms with Crippen LogP contribution in [0.3, 0.4) is 0 Å². The van der Waals surface area contributed by atoms with E-state index >= 15 is 0 Å². The van der Waals surface area contributed by atoms with Crippen molar-refractivity contribution in [2.24, 2.45) is 0 Å². The smallest absolute Gasteiger partial charge is 0.251 e. The molecule has 25 heavy (non-hydrogen) atoms. The number of anilines is 1. The Kier molecular flexibility index (Phi) is 3.99. The fraction of sp³-hybridized carbons (Fsp3) is 0.444. The maximum absolute atomic E-state index is 12.6. The third-order valence-corrected chi connectivity index (χ3v) is 4.87. The fourth-order valence-electron chi connectivity index (χ4n) is 3.57. The van der Waals surface area contributed by atoms with E-state index in [0.717, 1.165) is 43.1 Å². The predicted molar refractivity (Wildman–Crippen MR) is 92.3 cm³/mol.